The highest BCUT2D eigenvalue weighted by Crippen LogP contribution is 2.38. The summed E-state index contributed by atoms with van der Waals surface area (Å²) in [6.45, 7) is 0. The monoisotopic (exact) mass is 267 g/mol. The van der Waals surface area contributed by atoms with E-state index in [1.54, 1.807) is 0 Å². The van der Waals surface area contributed by atoms with E-state index in [1.807, 2.05) is 30.5 Å². The normalized spacial score (nSPS) is 24.9. The van der Waals surface area contributed by atoms with E-state index < -0.39 is 6.10 Å². The van der Waals surface area contributed by atoms with Crippen LogP contribution < -0.4 is 4.74 Å². The summed E-state index contributed by atoms with van der Waals surface area (Å²) < 4.78 is 5.92. The fourth-order valence-electron chi connectivity index (χ4n) is 3.43. The third-order valence-corrected chi connectivity index (χ3v) is 4.47. The lowest BCUT2D eigenvalue weighted by Gasteiger charge is -2.23. The highest BCUT2D eigenvalue weighted by Gasteiger charge is 2.38. The summed E-state index contributed by atoms with van der Waals surface area (Å²) in [4.78, 5) is 4.47. The lowest BCUT2D eigenvalue weighted by atomic mass is 9.93. The number of pyridine rings is 1. The van der Waals surface area contributed by atoms with Gasteiger partial charge in [-0.1, -0.05) is 24.3 Å². The second-order valence-corrected chi connectivity index (χ2v) is 5.65. The Morgan fingerprint density at radius 3 is 2.90 bits per heavy atom. The molecule has 3 unspecified atom stereocenters. The zero-order valence-corrected chi connectivity index (χ0v) is 11.2. The number of rotatable bonds is 2. The minimum Gasteiger partial charge on any atom is -0.487 e. The van der Waals surface area contributed by atoms with Crippen LogP contribution in [0.4, 0.5) is 0 Å². The predicted molar refractivity (Wildman–Crippen MR) is 75.9 cm³/mol. The van der Waals surface area contributed by atoms with Crippen LogP contribution in [0.5, 0.6) is 5.75 Å². The van der Waals surface area contributed by atoms with E-state index in [1.165, 1.54) is 11.1 Å². The SMILES string of the molecule is OC(C1Cc2ccccc2O1)C1CCc2cccnc21. The number of ether oxygens (including phenoxy) is 1. The molecule has 20 heavy (non-hydrogen) atoms. The van der Waals surface area contributed by atoms with Crippen molar-refractivity contribution in [2.24, 2.45) is 0 Å². The first-order valence-corrected chi connectivity index (χ1v) is 7.19. The lowest BCUT2D eigenvalue weighted by Crippen LogP contribution is -2.35. The number of hydrogen-bond acceptors (Lipinski definition) is 3. The van der Waals surface area contributed by atoms with Crippen molar-refractivity contribution in [1.82, 2.24) is 4.98 Å². The Hall–Kier alpha value is -1.87. The van der Waals surface area contributed by atoms with Gasteiger partial charge < -0.3 is 9.84 Å². The van der Waals surface area contributed by atoms with Crippen molar-refractivity contribution in [3.05, 3.63) is 59.4 Å². The van der Waals surface area contributed by atoms with Gasteiger partial charge in [0.2, 0.25) is 0 Å². The van der Waals surface area contributed by atoms with E-state index in [0.29, 0.717) is 0 Å². The first-order valence-electron chi connectivity index (χ1n) is 7.19. The maximum atomic E-state index is 10.7. The van der Waals surface area contributed by atoms with Gasteiger partial charge in [0.15, 0.2) is 0 Å². The minimum absolute atomic E-state index is 0.102. The van der Waals surface area contributed by atoms with Crippen molar-refractivity contribution >= 4 is 0 Å². The molecule has 1 N–H and O–H groups in total. The van der Waals surface area contributed by atoms with Crippen LogP contribution in [-0.4, -0.2) is 22.3 Å². The summed E-state index contributed by atoms with van der Waals surface area (Å²) in [7, 11) is 0. The summed E-state index contributed by atoms with van der Waals surface area (Å²) in [6, 6.07) is 12.1. The van der Waals surface area contributed by atoms with E-state index >= 15 is 0 Å². The number of aliphatic hydroxyl groups is 1. The number of fused-ring (bicyclic) bond motifs is 2. The molecule has 2 aliphatic rings. The zero-order chi connectivity index (χ0) is 13.5. The Labute approximate surface area is 118 Å². The maximum absolute atomic E-state index is 10.7. The highest BCUT2D eigenvalue weighted by atomic mass is 16.5. The second-order valence-electron chi connectivity index (χ2n) is 5.65. The van der Waals surface area contributed by atoms with Crippen molar-refractivity contribution in [3.8, 4) is 5.75 Å². The average molecular weight is 267 g/mol. The molecule has 4 rings (SSSR count). The topological polar surface area (TPSA) is 42.4 Å². The Bertz CT molecular complexity index is 615. The predicted octanol–water partition coefficient (Wildman–Crippen LogP) is 2.48. The second kappa shape index (κ2) is 4.60. The number of aromatic nitrogens is 1. The van der Waals surface area contributed by atoms with Gasteiger partial charge >= 0.3 is 0 Å². The van der Waals surface area contributed by atoms with Crippen molar-refractivity contribution < 1.29 is 9.84 Å². The summed E-state index contributed by atoms with van der Waals surface area (Å²) in [6.07, 6.45) is 3.93. The molecular weight excluding hydrogens is 250 g/mol. The van der Waals surface area contributed by atoms with Crippen molar-refractivity contribution in [1.29, 1.82) is 0 Å². The molecule has 3 atom stereocenters. The number of nitrogens with zero attached hydrogens (tertiary/aromatic N) is 1. The highest BCUT2D eigenvalue weighted by molar-refractivity contribution is 5.38. The first kappa shape index (κ1) is 11.9. The summed E-state index contributed by atoms with van der Waals surface area (Å²) >= 11 is 0. The Kier molecular flexibility index (Phi) is 2.74. The maximum Gasteiger partial charge on any atom is 0.129 e. The van der Waals surface area contributed by atoms with Gasteiger partial charge in [-0.05, 0) is 36.1 Å². The summed E-state index contributed by atoms with van der Waals surface area (Å²) in [5.74, 6) is 1.02. The van der Waals surface area contributed by atoms with Crippen molar-refractivity contribution in [3.63, 3.8) is 0 Å². The zero-order valence-electron chi connectivity index (χ0n) is 11.2. The van der Waals surface area contributed by atoms with Gasteiger partial charge in [0.1, 0.15) is 11.9 Å². The molecule has 1 aromatic heterocycles. The molecule has 0 saturated carbocycles. The molecule has 1 aliphatic heterocycles. The average Bonchev–Trinajstić information content (AvgIpc) is 3.10. The van der Waals surface area contributed by atoms with Crippen LogP contribution in [0.2, 0.25) is 0 Å². The Morgan fingerprint density at radius 1 is 1.15 bits per heavy atom. The van der Waals surface area contributed by atoms with Gasteiger partial charge in [-0.2, -0.15) is 0 Å². The molecule has 0 radical (unpaired) electrons. The third kappa shape index (κ3) is 1.81. The Morgan fingerprint density at radius 2 is 2.00 bits per heavy atom. The minimum atomic E-state index is -0.487. The molecule has 0 saturated heterocycles. The van der Waals surface area contributed by atoms with E-state index in [-0.39, 0.29) is 12.0 Å². The molecule has 0 fully saturated rings. The fraction of sp³-hybridized carbons (Fsp3) is 0.353. The molecular formula is C17H17NO2. The smallest absolute Gasteiger partial charge is 0.129 e. The number of benzene rings is 1. The molecule has 2 heterocycles. The first-order chi connectivity index (χ1) is 9.83. The molecule has 3 nitrogen and oxygen atoms in total. The van der Waals surface area contributed by atoms with Crippen LogP contribution in [0.25, 0.3) is 0 Å². The van der Waals surface area contributed by atoms with Crippen LogP contribution >= 0.6 is 0 Å². The number of aliphatic hydroxyl groups excluding tert-OH is 1. The molecule has 0 bridgehead atoms. The molecule has 1 aliphatic carbocycles. The van der Waals surface area contributed by atoms with Gasteiger partial charge in [-0.3, -0.25) is 4.98 Å². The van der Waals surface area contributed by atoms with Gasteiger partial charge in [0.05, 0.1) is 6.10 Å². The summed E-state index contributed by atoms with van der Waals surface area (Å²) in [5, 5.41) is 10.7. The van der Waals surface area contributed by atoms with Crippen molar-refractivity contribution in [2.45, 2.75) is 37.4 Å². The molecule has 102 valence electrons. The Balaban J connectivity index is 1.57. The van der Waals surface area contributed by atoms with Gasteiger partial charge in [0.25, 0.3) is 0 Å². The largest absolute Gasteiger partial charge is 0.487 e. The number of para-hydroxylation sites is 1. The van der Waals surface area contributed by atoms with Crippen LogP contribution in [0.3, 0.4) is 0 Å². The van der Waals surface area contributed by atoms with Crippen LogP contribution in [0.15, 0.2) is 42.6 Å². The third-order valence-electron chi connectivity index (χ3n) is 4.47. The molecule has 3 heteroatoms. The van der Waals surface area contributed by atoms with E-state index in [9.17, 15) is 5.11 Å². The number of hydrogen-bond donors (Lipinski definition) is 1. The molecule has 0 spiro atoms. The van der Waals surface area contributed by atoms with Crippen LogP contribution in [0, 0.1) is 0 Å². The standard InChI is InChI=1S/C17H17NO2/c19-17(13-8-7-11-5-3-9-18-16(11)13)15-10-12-4-1-2-6-14(12)20-15/h1-6,9,13,15,17,19H,7-8,10H2. The van der Waals surface area contributed by atoms with Gasteiger partial charge in [0, 0.05) is 24.2 Å². The molecule has 2 aromatic rings. The van der Waals surface area contributed by atoms with Crippen LogP contribution in [-0.2, 0) is 12.8 Å². The molecule has 0 amide bonds. The van der Waals surface area contributed by atoms with Crippen molar-refractivity contribution in [2.75, 3.05) is 0 Å². The van der Waals surface area contributed by atoms with E-state index in [0.717, 1.165) is 30.7 Å². The molecule has 1 aromatic carbocycles. The lowest BCUT2D eigenvalue weighted by molar-refractivity contribution is 0.0296. The van der Waals surface area contributed by atoms with Gasteiger partial charge in [-0.15, -0.1) is 0 Å². The van der Waals surface area contributed by atoms with E-state index in [2.05, 4.69) is 17.1 Å². The van der Waals surface area contributed by atoms with E-state index in [4.69, 9.17) is 4.74 Å². The van der Waals surface area contributed by atoms with Crippen LogP contribution in [0.1, 0.15) is 29.2 Å². The summed E-state index contributed by atoms with van der Waals surface area (Å²) in [5.41, 5.74) is 3.52. The number of aryl methyl sites for hydroxylation is 1. The quantitative estimate of drug-likeness (QED) is 0.909. The fourth-order valence-corrected chi connectivity index (χ4v) is 3.43. The van der Waals surface area contributed by atoms with Gasteiger partial charge in [-0.25, -0.2) is 0 Å².